The Balaban J connectivity index is 2.70. The van der Waals surface area contributed by atoms with E-state index in [0.29, 0.717) is 28.2 Å². The molecule has 3 N–H and O–H groups in total. The molecule has 0 atom stereocenters. The van der Waals surface area contributed by atoms with Crippen molar-refractivity contribution in [2.24, 2.45) is 0 Å². The summed E-state index contributed by atoms with van der Waals surface area (Å²) in [5.41, 5.74) is 3.73. The van der Waals surface area contributed by atoms with E-state index in [0.717, 1.165) is 13.0 Å². The van der Waals surface area contributed by atoms with Gasteiger partial charge in [-0.2, -0.15) is 0 Å². The maximum Gasteiger partial charge on any atom is 0.156 e. The molecule has 0 saturated carbocycles. The molecule has 19 heavy (non-hydrogen) atoms. The highest BCUT2D eigenvalue weighted by Gasteiger charge is 2.10. The van der Waals surface area contributed by atoms with E-state index < -0.39 is 0 Å². The zero-order chi connectivity index (χ0) is 14.3. The summed E-state index contributed by atoms with van der Waals surface area (Å²) in [6, 6.07) is 3.26. The normalized spacial score (nSPS) is 10.2. The van der Waals surface area contributed by atoms with Crippen LogP contribution < -0.4 is 15.2 Å². The van der Waals surface area contributed by atoms with Gasteiger partial charge in [0.25, 0.3) is 0 Å². The first-order valence-corrected chi connectivity index (χ1v) is 7.11. The zero-order valence-electron chi connectivity index (χ0n) is 10.1. The molecule has 0 aromatic heterocycles. The molecule has 0 amide bonds. The molecule has 1 rings (SSSR count). The fraction of sp³-hybridized carbons (Fsp3) is 0.333. The summed E-state index contributed by atoms with van der Waals surface area (Å²) < 4.78 is 11.0. The Hall–Kier alpha value is -0.320. The van der Waals surface area contributed by atoms with Crippen molar-refractivity contribution in [2.45, 2.75) is 6.42 Å². The zero-order valence-corrected chi connectivity index (χ0v) is 13.1. The monoisotopic (exact) mass is 344 g/mol. The summed E-state index contributed by atoms with van der Waals surface area (Å²) >= 11 is 23.1. The number of hydrogen-bond acceptors (Lipinski definition) is 2. The van der Waals surface area contributed by atoms with Gasteiger partial charge in [-0.3, -0.25) is 0 Å². The molecular formula is C12H14Cl4NO2+. The molecule has 1 aromatic rings. The minimum absolute atomic E-state index is 0.144. The molecule has 0 aliphatic rings. The maximum atomic E-state index is 6.08. The predicted octanol–water partition coefficient (Wildman–Crippen LogP) is 3.70. The first-order valence-electron chi connectivity index (χ1n) is 5.59. The maximum absolute atomic E-state index is 6.08. The Kier molecular flexibility index (Phi) is 7.73. The Bertz CT molecular complexity index is 424. The topological polar surface area (TPSA) is 46.1 Å². The van der Waals surface area contributed by atoms with Crippen molar-refractivity contribution in [1.82, 2.24) is 0 Å². The average Bonchev–Trinajstić information content (AvgIpc) is 2.32. The third-order valence-corrected chi connectivity index (χ3v) is 2.97. The van der Waals surface area contributed by atoms with Crippen molar-refractivity contribution in [3.8, 4) is 11.5 Å². The van der Waals surface area contributed by atoms with Gasteiger partial charge in [0.05, 0.1) is 23.2 Å². The molecule has 7 heteroatoms. The first kappa shape index (κ1) is 16.7. The minimum atomic E-state index is 0.144. The van der Waals surface area contributed by atoms with Crippen LogP contribution >= 0.6 is 46.4 Å². The molecule has 0 fully saturated rings. The Morgan fingerprint density at radius 1 is 1.16 bits per heavy atom. The molecule has 0 bridgehead atoms. The van der Waals surface area contributed by atoms with Crippen LogP contribution in [0, 0.1) is 0 Å². The van der Waals surface area contributed by atoms with Gasteiger partial charge in [-0.05, 0) is 6.08 Å². The lowest BCUT2D eigenvalue weighted by Crippen LogP contribution is -2.50. The lowest BCUT2D eigenvalue weighted by molar-refractivity contribution is -0.368. The molecule has 0 radical (unpaired) electrons. The summed E-state index contributed by atoms with van der Waals surface area (Å²) in [5.74, 6) is 0.973. The third kappa shape index (κ3) is 6.11. The quantitative estimate of drug-likeness (QED) is 0.766. The number of halogens is 4. The number of hydrogen-bond donors (Lipinski definition) is 1. The summed E-state index contributed by atoms with van der Waals surface area (Å²) in [5, 5.41) is 0.792. The van der Waals surface area contributed by atoms with Crippen molar-refractivity contribution in [3.05, 3.63) is 32.7 Å². The summed E-state index contributed by atoms with van der Waals surface area (Å²) in [6.45, 7) is 1.55. The summed E-state index contributed by atoms with van der Waals surface area (Å²) in [4.78, 5) is 0. The van der Waals surface area contributed by atoms with Gasteiger partial charge in [0.2, 0.25) is 0 Å². The van der Waals surface area contributed by atoms with E-state index in [1.54, 1.807) is 12.1 Å². The largest absolute Gasteiger partial charge is 0.490 e. The molecule has 1 aromatic carbocycles. The Morgan fingerprint density at radius 2 is 1.79 bits per heavy atom. The molecule has 0 aliphatic heterocycles. The van der Waals surface area contributed by atoms with Crippen LogP contribution in [0.1, 0.15) is 6.42 Å². The standard InChI is InChI=1S/C12H13Cl4NO2/c13-9-6-8(18-5-2-11(15)16)7-10(14)12(9)19-4-1-3-17/h2,6-7H,1,3-5,17H2/p+1. The van der Waals surface area contributed by atoms with Crippen molar-refractivity contribution in [2.75, 3.05) is 19.8 Å². The average molecular weight is 346 g/mol. The van der Waals surface area contributed by atoms with Gasteiger partial charge in [-0.15, -0.1) is 0 Å². The van der Waals surface area contributed by atoms with Crippen LogP contribution in [0.25, 0.3) is 0 Å². The molecule has 0 heterocycles. The van der Waals surface area contributed by atoms with Gasteiger partial charge in [-0.1, -0.05) is 46.4 Å². The first-order chi connectivity index (χ1) is 9.04. The van der Waals surface area contributed by atoms with Crippen LogP contribution in [0.4, 0.5) is 0 Å². The van der Waals surface area contributed by atoms with E-state index in [2.05, 4.69) is 5.73 Å². The highest BCUT2D eigenvalue weighted by molar-refractivity contribution is 6.55. The van der Waals surface area contributed by atoms with Crippen molar-refractivity contribution >= 4 is 46.4 Å². The number of ether oxygens (including phenoxy) is 2. The van der Waals surface area contributed by atoms with Gasteiger partial charge in [0.1, 0.15) is 16.8 Å². The number of benzene rings is 1. The minimum Gasteiger partial charge on any atom is -0.490 e. The van der Waals surface area contributed by atoms with Crippen LogP contribution in [-0.4, -0.2) is 19.8 Å². The Labute approximate surface area is 132 Å². The molecule has 0 spiro atoms. The second-order valence-corrected chi connectivity index (χ2v) is 5.40. The van der Waals surface area contributed by atoms with Crippen LogP contribution in [0.15, 0.2) is 22.7 Å². The van der Waals surface area contributed by atoms with Gasteiger partial charge in [0.15, 0.2) is 5.75 Å². The van der Waals surface area contributed by atoms with Crippen LogP contribution in [0.5, 0.6) is 11.5 Å². The van der Waals surface area contributed by atoms with Gasteiger partial charge < -0.3 is 15.2 Å². The molecule has 0 aliphatic carbocycles. The SMILES string of the molecule is [NH3+]CCCOc1c(Cl)cc(OCC=C(Cl)Cl)cc1Cl. The van der Waals surface area contributed by atoms with Crippen LogP contribution in [-0.2, 0) is 0 Å². The van der Waals surface area contributed by atoms with E-state index in [-0.39, 0.29) is 11.1 Å². The fourth-order valence-corrected chi connectivity index (χ4v) is 1.94. The molecular weight excluding hydrogens is 332 g/mol. The lowest BCUT2D eigenvalue weighted by Gasteiger charge is -2.11. The molecule has 0 saturated heterocycles. The van der Waals surface area contributed by atoms with Crippen molar-refractivity contribution in [1.29, 1.82) is 0 Å². The smallest absolute Gasteiger partial charge is 0.156 e. The molecule has 106 valence electrons. The number of rotatable bonds is 7. The predicted molar refractivity (Wildman–Crippen MR) is 79.6 cm³/mol. The van der Waals surface area contributed by atoms with Gasteiger partial charge in [0, 0.05) is 18.6 Å². The van der Waals surface area contributed by atoms with Crippen LogP contribution in [0.3, 0.4) is 0 Å². The summed E-state index contributed by atoms with van der Waals surface area (Å²) in [7, 11) is 0. The molecule has 0 unspecified atom stereocenters. The van der Waals surface area contributed by atoms with E-state index in [9.17, 15) is 0 Å². The number of quaternary nitrogens is 1. The second-order valence-electron chi connectivity index (χ2n) is 3.58. The van der Waals surface area contributed by atoms with Gasteiger partial charge in [-0.25, -0.2) is 0 Å². The van der Waals surface area contributed by atoms with Crippen molar-refractivity contribution in [3.63, 3.8) is 0 Å². The Morgan fingerprint density at radius 3 is 2.32 bits per heavy atom. The molecule has 3 nitrogen and oxygen atoms in total. The van der Waals surface area contributed by atoms with Crippen LogP contribution in [0.2, 0.25) is 10.0 Å². The third-order valence-electron chi connectivity index (χ3n) is 2.10. The van der Waals surface area contributed by atoms with Gasteiger partial charge >= 0.3 is 0 Å². The van der Waals surface area contributed by atoms with E-state index in [1.165, 1.54) is 6.08 Å². The fourth-order valence-electron chi connectivity index (χ4n) is 1.24. The van der Waals surface area contributed by atoms with E-state index >= 15 is 0 Å². The van der Waals surface area contributed by atoms with Crippen molar-refractivity contribution < 1.29 is 15.2 Å². The highest BCUT2D eigenvalue weighted by Crippen LogP contribution is 2.37. The lowest BCUT2D eigenvalue weighted by atomic mass is 10.3. The summed E-state index contributed by atoms with van der Waals surface area (Å²) in [6.07, 6.45) is 2.35. The second kappa shape index (κ2) is 8.77. The van der Waals surface area contributed by atoms with E-state index in [1.807, 2.05) is 0 Å². The van der Waals surface area contributed by atoms with E-state index in [4.69, 9.17) is 55.9 Å². The highest BCUT2D eigenvalue weighted by atomic mass is 35.5.